The molecule has 3 rings (SSSR count). The zero-order valence-electron chi connectivity index (χ0n) is 17.0. The van der Waals surface area contributed by atoms with Gasteiger partial charge in [0, 0.05) is 70.2 Å². The molecular weight excluding hydrogens is 342 g/mol. The third-order valence-electron chi connectivity index (χ3n) is 6.18. The molecule has 0 unspecified atom stereocenters. The second-order valence-electron chi connectivity index (χ2n) is 8.47. The molecule has 0 radical (unpaired) electrons. The van der Waals surface area contributed by atoms with Crippen molar-refractivity contribution in [3.8, 4) is 0 Å². The Morgan fingerprint density at radius 1 is 1.26 bits per heavy atom. The van der Waals surface area contributed by atoms with Gasteiger partial charge in [0.1, 0.15) is 5.82 Å². The molecule has 152 valence electrons. The quantitative estimate of drug-likeness (QED) is 0.781. The van der Waals surface area contributed by atoms with E-state index < -0.39 is 5.97 Å². The number of aromatic nitrogens is 2. The maximum absolute atomic E-state index is 11.2. The lowest BCUT2D eigenvalue weighted by molar-refractivity contribution is -0.137. The van der Waals surface area contributed by atoms with Gasteiger partial charge in [0.15, 0.2) is 0 Å². The lowest BCUT2D eigenvalue weighted by Crippen LogP contribution is -2.56. The molecule has 1 aromatic heterocycles. The highest BCUT2D eigenvalue weighted by Gasteiger charge is 2.34. The van der Waals surface area contributed by atoms with Gasteiger partial charge in [-0.1, -0.05) is 0 Å². The number of imidazole rings is 1. The number of carboxylic acid groups (broad SMARTS) is 1. The van der Waals surface area contributed by atoms with E-state index in [1.165, 1.54) is 0 Å². The molecule has 0 aliphatic carbocycles. The summed E-state index contributed by atoms with van der Waals surface area (Å²) in [6.45, 7) is 11.7. The fraction of sp³-hybridized carbons (Fsp3) is 0.800. The number of rotatable bonds is 7. The van der Waals surface area contributed by atoms with E-state index in [1.54, 1.807) is 0 Å². The molecule has 7 heteroatoms. The average molecular weight is 378 g/mol. The van der Waals surface area contributed by atoms with Gasteiger partial charge >= 0.3 is 5.97 Å². The Morgan fingerprint density at radius 2 is 2.00 bits per heavy atom. The smallest absolute Gasteiger partial charge is 0.303 e. The van der Waals surface area contributed by atoms with Crippen LogP contribution in [0.5, 0.6) is 0 Å². The predicted octanol–water partition coefficient (Wildman–Crippen LogP) is 1.77. The Labute approximate surface area is 162 Å². The molecule has 0 amide bonds. The van der Waals surface area contributed by atoms with Crippen LogP contribution >= 0.6 is 0 Å². The summed E-state index contributed by atoms with van der Waals surface area (Å²) < 4.78 is 2.23. The number of carbonyl (C=O) groups is 1. The van der Waals surface area contributed by atoms with Gasteiger partial charge in [0.2, 0.25) is 0 Å². The molecule has 2 fully saturated rings. The van der Waals surface area contributed by atoms with Gasteiger partial charge in [-0.05, 0) is 39.7 Å². The number of aliphatic carboxylic acids is 1. The Kier molecular flexibility index (Phi) is 6.89. The first-order valence-corrected chi connectivity index (χ1v) is 10.3. The van der Waals surface area contributed by atoms with E-state index in [0.29, 0.717) is 18.0 Å². The molecule has 1 N–H and O–H groups in total. The first-order chi connectivity index (χ1) is 12.9. The van der Waals surface area contributed by atoms with Gasteiger partial charge in [0.25, 0.3) is 0 Å². The number of hydrogen-bond acceptors (Lipinski definition) is 5. The zero-order chi connectivity index (χ0) is 19.4. The van der Waals surface area contributed by atoms with Crippen molar-refractivity contribution in [1.82, 2.24) is 24.3 Å². The molecule has 7 nitrogen and oxygen atoms in total. The van der Waals surface area contributed by atoms with Crippen molar-refractivity contribution in [1.29, 1.82) is 0 Å². The fourth-order valence-corrected chi connectivity index (χ4v) is 4.60. The Hall–Kier alpha value is -1.44. The Balaban J connectivity index is 1.65. The Bertz CT molecular complexity index is 609. The maximum Gasteiger partial charge on any atom is 0.303 e. The predicted molar refractivity (Wildman–Crippen MR) is 106 cm³/mol. The van der Waals surface area contributed by atoms with Gasteiger partial charge in [0.05, 0.1) is 6.54 Å². The summed E-state index contributed by atoms with van der Waals surface area (Å²) in [7, 11) is 2.18. The highest BCUT2D eigenvalue weighted by Crippen LogP contribution is 2.28. The van der Waals surface area contributed by atoms with Crippen LogP contribution in [0.15, 0.2) is 12.4 Å². The van der Waals surface area contributed by atoms with Gasteiger partial charge in [-0.2, -0.15) is 0 Å². The summed E-state index contributed by atoms with van der Waals surface area (Å²) >= 11 is 0. The molecule has 1 aromatic rings. The van der Waals surface area contributed by atoms with E-state index in [1.807, 2.05) is 6.20 Å². The van der Waals surface area contributed by atoms with Crippen molar-refractivity contribution in [2.24, 2.45) is 5.92 Å². The van der Waals surface area contributed by atoms with Crippen LogP contribution in [-0.2, 0) is 11.3 Å². The summed E-state index contributed by atoms with van der Waals surface area (Å²) in [6, 6.07) is 0.923. The second kappa shape index (κ2) is 9.17. The fourth-order valence-electron chi connectivity index (χ4n) is 4.60. The van der Waals surface area contributed by atoms with Crippen LogP contribution < -0.4 is 0 Å². The van der Waals surface area contributed by atoms with E-state index in [-0.39, 0.29) is 6.42 Å². The lowest BCUT2D eigenvalue weighted by Gasteiger charge is -2.46. The van der Waals surface area contributed by atoms with Gasteiger partial charge < -0.3 is 14.6 Å². The normalized spacial score (nSPS) is 25.9. The molecule has 27 heavy (non-hydrogen) atoms. The Morgan fingerprint density at radius 3 is 2.67 bits per heavy atom. The number of likely N-dealkylation sites (tertiary alicyclic amines) is 1. The maximum atomic E-state index is 11.2. The summed E-state index contributed by atoms with van der Waals surface area (Å²) in [6.07, 6.45) is 6.09. The van der Waals surface area contributed by atoms with Gasteiger partial charge in [-0.15, -0.1) is 0 Å². The van der Waals surface area contributed by atoms with Crippen LogP contribution in [0.1, 0.15) is 45.0 Å². The van der Waals surface area contributed by atoms with Crippen LogP contribution in [0.2, 0.25) is 0 Å². The number of carboxylic acids is 1. The molecule has 0 saturated carbocycles. The first kappa shape index (κ1) is 20.3. The van der Waals surface area contributed by atoms with Crippen molar-refractivity contribution >= 4 is 5.97 Å². The molecule has 0 spiro atoms. The molecule has 0 aromatic carbocycles. The summed E-state index contributed by atoms with van der Waals surface area (Å²) in [5, 5.41) is 9.20. The molecule has 2 saturated heterocycles. The van der Waals surface area contributed by atoms with Crippen LogP contribution in [0.3, 0.4) is 0 Å². The summed E-state index contributed by atoms with van der Waals surface area (Å²) in [5.74, 6) is 0.848. The molecule has 0 bridgehead atoms. The largest absolute Gasteiger partial charge is 0.481 e. The molecule has 2 aliphatic heterocycles. The number of piperidine rings is 1. The minimum Gasteiger partial charge on any atom is -0.481 e. The minimum absolute atomic E-state index is 0.267. The highest BCUT2D eigenvalue weighted by atomic mass is 16.4. The molecular formula is C20H35N5O2. The van der Waals surface area contributed by atoms with Crippen LogP contribution in [0.4, 0.5) is 0 Å². The number of piperazine rings is 1. The lowest BCUT2D eigenvalue weighted by atomic mass is 9.86. The summed E-state index contributed by atoms with van der Waals surface area (Å²) in [4.78, 5) is 23.2. The molecule has 3 heterocycles. The molecule has 2 aliphatic rings. The number of likely N-dealkylation sites (N-methyl/N-ethyl adjacent to an activating group) is 1. The van der Waals surface area contributed by atoms with Crippen molar-refractivity contribution < 1.29 is 9.90 Å². The van der Waals surface area contributed by atoms with E-state index in [9.17, 15) is 9.90 Å². The summed E-state index contributed by atoms with van der Waals surface area (Å²) in [5.41, 5.74) is 0. The monoisotopic (exact) mass is 377 g/mol. The first-order valence-electron chi connectivity index (χ1n) is 10.3. The highest BCUT2D eigenvalue weighted by molar-refractivity contribution is 5.66. The zero-order valence-corrected chi connectivity index (χ0v) is 17.0. The van der Waals surface area contributed by atoms with Gasteiger partial charge in [-0.25, -0.2) is 4.98 Å². The van der Waals surface area contributed by atoms with E-state index in [0.717, 1.165) is 64.5 Å². The topological polar surface area (TPSA) is 64.8 Å². The van der Waals surface area contributed by atoms with Crippen molar-refractivity contribution in [2.75, 3.05) is 46.3 Å². The van der Waals surface area contributed by atoms with Crippen molar-refractivity contribution in [3.63, 3.8) is 0 Å². The van der Waals surface area contributed by atoms with Crippen LogP contribution in [0.25, 0.3) is 0 Å². The average Bonchev–Trinajstić information content (AvgIpc) is 3.09. The standard InChI is InChI=1S/C20H35N5O2/c1-16(2)25-9-7-21-19(25)15-23-8-6-18(17(14-23)4-5-20(26)27)24-12-10-22(3)11-13-24/h7,9,16-18H,4-6,8,10-15H2,1-3H3,(H,26,27)/t17-,18+/m0/s1. The van der Waals surface area contributed by atoms with Crippen molar-refractivity contribution in [3.05, 3.63) is 18.2 Å². The van der Waals surface area contributed by atoms with Crippen LogP contribution in [0, 0.1) is 5.92 Å². The van der Waals surface area contributed by atoms with E-state index in [2.05, 4.69) is 51.3 Å². The van der Waals surface area contributed by atoms with Crippen LogP contribution in [-0.4, -0.2) is 87.7 Å². The third-order valence-corrected chi connectivity index (χ3v) is 6.18. The van der Waals surface area contributed by atoms with E-state index in [4.69, 9.17) is 0 Å². The number of nitrogens with zero attached hydrogens (tertiary/aromatic N) is 5. The van der Waals surface area contributed by atoms with Gasteiger partial charge in [-0.3, -0.25) is 14.6 Å². The third kappa shape index (κ3) is 5.30. The number of hydrogen-bond donors (Lipinski definition) is 1. The molecule has 2 atom stereocenters. The second-order valence-corrected chi connectivity index (χ2v) is 8.47. The van der Waals surface area contributed by atoms with Crippen molar-refractivity contribution in [2.45, 2.75) is 51.7 Å². The SMILES string of the molecule is CC(C)n1ccnc1CN1CC[C@@H](N2CCN(C)CC2)[C@@H](CCC(=O)O)C1. The minimum atomic E-state index is -0.681. The van der Waals surface area contributed by atoms with E-state index >= 15 is 0 Å².